The van der Waals surface area contributed by atoms with Gasteiger partial charge in [-0.1, -0.05) is 25.9 Å². The van der Waals surface area contributed by atoms with Crippen LogP contribution in [0.25, 0.3) is 0 Å². The van der Waals surface area contributed by atoms with E-state index in [1.807, 2.05) is 13.8 Å². The number of hydrogen-bond acceptors (Lipinski definition) is 6. The fourth-order valence-corrected chi connectivity index (χ4v) is 5.35. The Labute approximate surface area is 251 Å². The van der Waals surface area contributed by atoms with Crippen LogP contribution in [0.2, 0.25) is 0 Å². The van der Waals surface area contributed by atoms with Gasteiger partial charge in [-0.2, -0.15) is 31.1 Å². The van der Waals surface area contributed by atoms with Crippen molar-refractivity contribution in [2.75, 3.05) is 9.80 Å². The highest BCUT2D eigenvalue weighted by Crippen LogP contribution is 2.46. The Morgan fingerprint density at radius 1 is 1.00 bits per heavy atom. The zero-order valence-corrected chi connectivity index (χ0v) is 24.4. The first-order chi connectivity index (χ1) is 20.8. The number of carbonyl (C=O) groups excluding carboxylic acids is 1. The van der Waals surface area contributed by atoms with E-state index in [1.54, 1.807) is 6.92 Å². The number of hydrogen-bond donors (Lipinski definition) is 0. The van der Waals surface area contributed by atoms with E-state index in [-0.39, 0.29) is 47.9 Å². The van der Waals surface area contributed by atoms with Crippen molar-refractivity contribution in [2.24, 2.45) is 13.0 Å². The molecule has 2 unspecified atom stereocenters. The molecule has 4 rings (SSSR count). The topological polar surface area (TPSA) is 76.4 Å². The molecule has 0 radical (unpaired) electrons. The molecule has 0 saturated carbocycles. The minimum absolute atomic E-state index is 0.00357. The third-order valence-electron chi connectivity index (χ3n) is 7.17. The number of nitrogens with zero attached hydrogens (tertiary/aromatic N) is 6. The summed E-state index contributed by atoms with van der Waals surface area (Å²) in [6, 6.07) is 2.89. The Hall–Kier alpha value is -4.05. The van der Waals surface area contributed by atoms with E-state index in [1.165, 1.54) is 22.9 Å². The summed E-state index contributed by atoms with van der Waals surface area (Å²) in [6.45, 7) is 4.79. The lowest BCUT2D eigenvalue weighted by molar-refractivity contribution is -0.274. The number of amides is 1. The standard InChI is InChI=1S/C28H29F9N6O2/c1-5-19-12-23(21-13-20(45-28(35,36)37)6-7-22(21)43(19)24(44)8-15(2)3)42(25-38-40-41(4)39-25)14-16-9-17(26(29,30)31)11-18(10-16)27(32,33)34/h6-7,9-11,13,15,19,23H,5,8,12,14H2,1-4H3. The van der Waals surface area contributed by atoms with Gasteiger partial charge in [-0.25, -0.2) is 0 Å². The highest BCUT2D eigenvalue weighted by Gasteiger charge is 2.41. The highest BCUT2D eigenvalue weighted by molar-refractivity contribution is 5.95. The predicted octanol–water partition coefficient (Wildman–Crippen LogP) is 7.46. The SMILES string of the molecule is CCC1CC(N(Cc2cc(C(F)(F)F)cc(C(F)(F)F)c2)c2nnn(C)n2)c2cc(OC(F)(F)F)ccc2N1C(=O)CC(C)C. The van der Waals surface area contributed by atoms with Gasteiger partial charge in [-0.15, -0.1) is 18.3 Å². The summed E-state index contributed by atoms with van der Waals surface area (Å²) in [6.07, 6.45) is -14.8. The maximum Gasteiger partial charge on any atom is 0.573 e. The molecular formula is C28H29F9N6O2. The minimum atomic E-state index is -5.11. The van der Waals surface area contributed by atoms with E-state index in [0.717, 1.165) is 16.9 Å². The first-order valence-corrected chi connectivity index (χ1v) is 13.8. The number of alkyl halides is 9. The molecular weight excluding hydrogens is 623 g/mol. The molecule has 45 heavy (non-hydrogen) atoms. The molecule has 0 spiro atoms. The maximum atomic E-state index is 13.7. The van der Waals surface area contributed by atoms with Gasteiger partial charge in [0.05, 0.1) is 24.2 Å². The molecule has 2 atom stereocenters. The van der Waals surface area contributed by atoms with Crippen molar-refractivity contribution in [2.45, 2.75) is 77.4 Å². The number of tetrazole rings is 1. The van der Waals surface area contributed by atoms with Crippen LogP contribution in [0.1, 0.15) is 68.3 Å². The minimum Gasteiger partial charge on any atom is -0.406 e. The first kappa shape index (κ1) is 33.8. The zero-order valence-electron chi connectivity index (χ0n) is 24.4. The van der Waals surface area contributed by atoms with E-state index in [2.05, 4.69) is 20.1 Å². The Bertz CT molecular complexity index is 1490. The van der Waals surface area contributed by atoms with Crippen molar-refractivity contribution < 1.29 is 49.0 Å². The van der Waals surface area contributed by atoms with E-state index in [4.69, 9.17) is 0 Å². The molecule has 1 aromatic heterocycles. The lowest BCUT2D eigenvalue weighted by Gasteiger charge is -2.44. The largest absolute Gasteiger partial charge is 0.573 e. The fourth-order valence-electron chi connectivity index (χ4n) is 5.35. The Kier molecular flexibility index (Phi) is 9.31. The number of aryl methyl sites for hydroxylation is 1. The zero-order chi connectivity index (χ0) is 33.5. The van der Waals surface area contributed by atoms with Crippen LogP contribution in [0.4, 0.5) is 51.1 Å². The average Bonchev–Trinajstić information content (AvgIpc) is 3.34. The Morgan fingerprint density at radius 2 is 1.62 bits per heavy atom. The number of aromatic nitrogens is 4. The van der Waals surface area contributed by atoms with Gasteiger partial charge in [0.25, 0.3) is 5.95 Å². The molecule has 1 aliphatic rings. The van der Waals surface area contributed by atoms with Gasteiger partial charge in [-0.05, 0) is 65.9 Å². The van der Waals surface area contributed by atoms with Gasteiger partial charge in [0.1, 0.15) is 5.75 Å². The summed E-state index contributed by atoms with van der Waals surface area (Å²) in [7, 11) is 1.38. The van der Waals surface area contributed by atoms with Crippen LogP contribution in [-0.4, -0.2) is 38.5 Å². The normalized spacial score (nSPS) is 17.4. The van der Waals surface area contributed by atoms with Gasteiger partial charge in [0.2, 0.25) is 5.91 Å². The molecule has 0 bridgehead atoms. The molecule has 0 saturated heterocycles. The Morgan fingerprint density at radius 3 is 2.11 bits per heavy atom. The number of anilines is 2. The van der Waals surface area contributed by atoms with E-state index < -0.39 is 59.8 Å². The number of fused-ring (bicyclic) bond motifs is 1. The molecule has 17 heteroatoms. The summed E-state index contributed by atoms with van der Waals surface area (Å²) in [5, 5.41) is 11.8. The van der Waals surface area contributed by atoms with E-state index >= 15 is 0 Å². The summed E-state index contributed by atoms with van der Waals surface area (Å²) in [5.74, 6) is -1.22. The van der Waals surface area contributed by atoms with Gasteiger partial charge >= 0.3 is 18.7 Å². The summed E-state index contributed by atoms with van der Waals surface area (Å²) < 4.78 is 126. The van der Waals surface area contributed by atoms with Crippen LogP contribution in [0.15, 0.2) is 36.4 Å². The second kappa shape index (κ2) is 12.4. The highest BCUT2D eigenvalue weighted by atomic mass is 19.4. The molecule has 8 nitrogen and oxygen atoms in total. The van der Waals surface area contributed by atoms with Crippen LogP contribution in [0.3, 0.4) is 0 Å². The lowest BCUT2D eigenvalue weighted by atomic mass is 9.87. The van der Waals surface area contributed by atoms with Crippen LogP contribution in [-0.2, 0) is 30.7 Å². The molecule has 0 aliphatic carbocycles. The first-order valence-electron chi connectivity index (χ1n) is 13.8. The monoisotopic (exact) mass is 652 g/mol. The van der Waals surface area contributed by atoms with Crippen molar-refractivity contribution in [3.63, 3.8) is 0 Å². The predicted molar refractivity (Wildman–Crippen MR) is 143 cm³/mol. The molecule has 1 amide bonds. The van der Waals surface area contributed by atoms with Gasteiger partial charge in [0.15, 0.2) is 0 Å². The second-order valence-corrected chi connectivity index (χ2v) is 11.1. The summed E-state index contributed by atoms with van der Waals surface area (Å²) >= 11 is 0. The van der Waals surface area contributed by atoms with Crippen molar-refractivity contribution in [3.8, 4) is 5.75 Å². The third-order valence-corrected chi connectivity index (χ3v) is 7.17. The van der Waals surface area contributed by atoms with Crippen LogP contribution in [0, 0.1) is 5.92 Å². The van der Waals surface area contributed by atoms with Gasteiger partial charge < -0.3 is 14.5 Å². The molecule has 3 aromatic rings. The van der Waals surface area contributed by atoms with Crippen LogP contribution < -0.4 is 14.5 Å². The quantitative estimate of drug-likeness (QED) is 0.235. The average molecular weight is 653 g/mol. The lowest BCUT2D eigenvalue weighted by Crippen LogP contribution is -2.48. The molecule has 0 fully saturated rings. The van der Waals surface area contributed by atoms with Gasteiger partial charge in [-0.3, -0.25) is 4.79 Å². The van der Waals surface area contributed by atoms with E-state index in [9.17, 15) is 44.3 Å². The number of rotatable bonds is 8. The summed E-state index contributed by atoms with van der Waals surface area (Å²) in [5.41, 5.74) is -3.18. The van der Waals surface area contributed by atoms with Crippen molar-refractivity contribution in [3.05, 3.63) is 58.7 Å². The van der Waals surface area contributed by atoms with Crippen molar-refractivity contribution >= 4 is 17.5 Å². The smallest absolute Gasteiger partial charge is 0.406 e. The molecule has 0 N–H and O–H groups in total. The van der Waals surface area contributed by atoms with Gasteiger partial charge in [0, 0.05) is 30.3 Å². The number of halogens is 9. The molecule has 2 heterocycles. The maximum absolute atomic E-state index is 13.7. The Balaban J connectivity index is 1.92. The number of benzene rings is 2. The second-order valence-electron chi connectivity index (χ2n) is 11.1. The third kappa shape index (κ3) is 7.97. The van der Waals surface area contributed by atoms with Crippen LogP contribution in [0.5, 0.6) is 5.75 Å². The van der Waals surface area contributed by atoms with E-state index in [0.29, 0.717) is 18.6 Å². The molecule has 246 valence electrons. The van der Waals surface area contributed by atoms with Crippen molar-refractivity contribution in [1.82, 2.24) is 20.2 Å². The van der Waals surface area contributed by atoms with Crippen LogP contribution >= 0.6 is 0 Å². The van der Waals surface area contributed by atoms with Crippen molar-refractivity contribution in [1.29, 1.82) is 0 Å². The fraction of sp³-hybridized carbons (Fsp3) is 0.500. The number of ether oxygens (including phenoxy) is 1. The molecule has 1 aliphatic heterocycles. The summed E-state index contributed by atoms with van der Waals surface area (Å²) in [4.78, 5) is 17.2. The number of carbonyl (C=O) groups is 1. The molecule has 2 aromatic carbocycles.